The van der Waals surface area contributed by atoms with Gasteiger partial charge in [0.2, 0.25) is 0 Å². The first-order valence-corrected chi connectivity index (χ1v) is 7.87. The van der Waals surface area contributed by atoms with E-state index in [-0.39, 0.29) is 5.82 Å². The van der Waals surface area contributed by atoms with Crippen LogP contribution >= 0.6 is 0 Å². The van der Waals surface area contributed by atoms with Crippen LogP contribution in [0.2, 0.25) is 0 Å². The summed E-state index contributed by atoms with van der Waals surface area (Å²) >= 11 is 0. The zero-order valence-electron chi connectivity index (χ0n) is 13.0. The Balaban J connectivity index is 1.80. The maximum Gasteiger partial charge on any atom is 0.139 e. The van der Waals surface area contributed by atoms with E-state index in [0.717, 1.165) is 27.8 Å². The van der Waals surface area contributed by atoms with Crippen molar-refractivity contribution < 1.29 is 9.60 Å². The van der Waals surface area contributed by atoms with E-state index in [1.54, 1.807) is 6.07 Å². The number of hydrogen-bond acceptors (Lipinski definition) is 3. The van der Waals surface area contributed by atoms with Gasteiger partial charge >= 0.3 is 0 Å². The van der Waals surface area contributed by atoms with E-state index in [4.69, 9.17) is 0 Å². The van der Waals surface area contributed by atoms with Crippen LogP contribution in [0, 0.1) is 5.82 Å². The molecule has 0 amide bonds. The molecule has 0 bridgehead atoms. The van der Waals surface area contributed by atoms with E-state index >= 15 is 0 Å². The van der Waals surface area contributed by atoms with Gasteiger partial charge in [0.1, 0.15) is 17.4 Å². The Labute approximate surface area is 142 Å². The maximum atomic E-state index is 13.5. The Kier molecular flexibility index (Phi) is 2.79. The maximum absolute atomic E-state index is 13.5. The molecule has 120 valence electrons. The lowest BCUT2D eigenvalue weighted by atomic mass is 10.00. The van der Waals surface area contributed by atoms with Gasteiger partial charge in [0.25, 0.3) is 0 Å². The molecule has 5 rings (SSSR count). The molecule has 0 atom stereocenters. The SMILES string of the molecule is ON=C1c2ccccc2-c2cccc(-c3nc4ccc(F)cc4[nH]3)c21. The highest BCUT2D eigenvalue weighted by Crippen LogP contribution is 2.41. The molecule has 1 heterocycles. The van der Waals surface area contributed by atoms with Gasteiger partial charge in [-0.25, -0.2) is 9.37 Å². The summed E-state index contributed by atoms with van der Waals surface area (Å²) in [5.41, 5.74) is 6.38. The fourth-order valence-electron chi connectivity index (χ4n) is 3.50. The lowest BCUT2D eigenvalue weighted by Crippen LogP contribution is -2.01. The van der Waals surface area contributed by atoms with E-state index in [0.29, 0.717) is 22.6 Å². The normalized spacial score (nSPS) is 14.0. The van der Waals surface area contributed by atoms with E-state index < -0.39 is 0 Å². The molecule has 0 saturated carbocycles. The smallest absolute Gasteiger partial charge is 0.139 e. The highest BCUT2D eigenvalue weighted by Gasteiger charge is 2.28. The number of benzene rings is 3. The lowest BCUT2D eigenvalue weighted by Gasteiger charge is -2.06. The molecule has 2 N–H and O–H groups in total. The van der Waals surface area contributed by atoms with Gasteiger partial charge in [-0.3, -0.25) is 0 Å². The fraction of sp³-hybridized carbons (Fsp3) is 0. The number of nitrogens with one attached hydrogen (secondary N) is 1. The minimum absolute atomic E-state index is 0.314. The Hall–Kier alpha value is -3.47. The molecule has 1 aliphatic carbocycles. The second-order valence-electron chi connectivity index (χ2n) is 5.97. The molecule has 5 heteroatoms. The predicted octanol–water partition coefficient (Wildman–Crippen LogP) is 4.58. The van der Waals surface area contributed by atoms with Crippen LogP contribution in [0.3, 0.4) is 0 Å². The summed E-state index contributed by atoms with van der Waals surface area (Å²) in [7, 11) is 0. The number of imidazole rings is 1. The third-order valence-electron chi connectivity index (χ3n) is 4.57. The van der Waals surface area contributed by atoms with Gasteiger partial charge in [-0.1, -0.05) is 47.6 Å². The minimum atomic E-state index is -0.314. The van der Waals surface area contributed by atoms with Gasteiger partial charge in [-0.05, 0) is 29.3 Å². The van der Waals surface area contributed by atoms with Crippen LogP contribution in [0.4, 0.5) is 4.39 Å². The van der Waals surface area contributed by atoms with Crippen molar-refractivity contribution in [3.8, 4) is 22.5 Å². The Morgan fingerprint density at radius 2 is 1.64 bits per heavy atom. The minimum Gasteiger partial charge on any atom is -0.410 e. The van der Waals surface area contributed by atoms with Gasteiger partial charge in [-0.15, -0.1) is 0 Å². The molecule has 0 spiro atoms. The second kappa shape index (κ2) is 5.01. The Bertz CT molecular complexity index is 1180. The molecule has 1 aliphatic rings. The Morgan fingerprint density at radius 3 is 2.48 bits per heavy atom. The summed E-state index contributed by atoms with van der Waals surface area (Å²) < 4.78 is 13.5. The largest absolute Gasteiger partial charge is 0.410 e. The van der Waals surface area contributed by atoms with E-state index in [9.17, 15) is 9.60 Å². The second-order valence-corrected chi connectivity index (χ2v) is 5.97. The van der Waals surface area contributed by atoms with Crippen molar-refractivity contribution in [1.29, 1.82) is 0 Å². The molecule has 0 aliphatic heterocycles. The van der Waals surface area contributed by atoms with Crippen LogP contribution < -0.4 is 0 Å². The van der Waals surface area contributed by atoms with E-state index in [1.807, 2.05) is 42.5 Å². The molecule has 25 heavy (non-hydrogen) atoms. The monoisotopic (exact) mass is 329 g/mol. The quantitative estimate of drug-likeness (QED) is 0.349. The van der Waals surface area contributed by atoms with Crippen LogP contribution in [-0.2, 0) is 0 Å². The van der Waals surface area contributed by atoms with Crippen molar-refractivity contribution in [2.75, 3.05) is 0 Å². The number of H-pyrrole nitrogens is 1. The molecule has 0 saturated heterocycles. The molecule has 0 fully saturated rings. The van der Waals surface area contributed by atoms with Crippen LogP contribution in [0.1, 0.15) is 11.1 Å². The Morgan fingerprint density at radius 1 is 0.880 bits per heavy atom. The number of aromatic amines is 1. The summed E-state index contributed by atoms with van der Waals surface area (Å²) in [6.45, 7) is 0. The van der Waals surface area contributed by atoms with Crippen LogP contribution in [0.15, 0.2) is 65.8 Å². The van der Waals surface area contributed by atoms with Gasteiger partial charge < -0.3 is 10.2 Å². The molecular weight excluding hydrogens is 317 g/mol. The molecule has 0 unspecified atom stereocenters. The number of rotatable bonds is 1. The molecular formula is C20H12FN3O. The van der Waals surface area contributed by atoms with Crippen LogP contribution in [0.5, 0.6) is 0 Å². The van der Waals surface area contributed by atoms with Gasteiger partial charge in [0.15, 0.2) is 0 Å². The summed E-state index contributed by atoms with van der Waals surface area (Å²) in [5, 5.41) is 13.2. The van der Waals surface area contributed by atoms with Crippen molar-refractivity contribution in [2.45, 2.75) is 0 Å². The van der Waals surface area contributed by atoms with Crippen molar-refractivity contribution in [3.05, 3.63) is 77.6 Å². The number of halogens is 1. The zero-order chi connectivity index (χ0) is 17.0. The highest BCUT2D eigenvalue weighted by molar-refractivity contribution is 6.27. The van der Waals surface area contributed by atoms with Gasteiger partial charge in [0.05, 0.1) is 11.0 Å². The topological polar surface area (TPSA) is 61.3 Å². The molecule has 4 aromatic rings. The van der Waals surface area contributed by atoms with Crippen molar-refractivity contribution in [2.24, 2.45) is 5.16 Å². The summed E-state index contributed by atoms with van der Waals surface area (Å²) in [4.78, 5) is 7.74. The van der Waals surface area contributed by atoms with Gasteiger partial charge in [0, 0.05) is 16.7 Å². The van der Waals surface area contributed by atoms with E-state index in [2.05, 4.69) is 15.1 Å². The fourth-order valence-corrected chi connectivity index (χ4v) is 3.50. The van der Waals surface area contributed by atoms with Crippen molar-refractivity contribution in [3.63, 3.8) is 0 Å². The molecule has 0 radical (unpaired) electrons. The first-order valence-electron chi connectivity index (χ1n) is 7.87. The average molecular weight is 329 g/mol. The molecule has 3 aromatic carbocycles. The zero-order valence-corrected chi connectivity index (χ0v) is 13.0. The van der Waals surface area contributed by atoms with Gasteiger partial charge in [-0.2, -0.15) is 0 Å². The first kappa shape index (κ1) is 13.9. The summed E-state index contributed by atoms with van der Waals surface area (Å²) in [5.74, 6) is 0.303. The molecule has 4 nitrogen and oxygen atoms in total. The third kappa shape index (κ3) is 1.92. The standard InChI is InChI=1S/C20H12FN3O/c21-11-8-9-16-17(10-11)23-20(22-16)15-7-3-6-13-12-4-1-2-5-14(12)19(24-25)18(13)15/h1-10,25H,(H,22,23). The summed E-state index contributed by atoms with van der Waals surface area (Å²) in [6.07, 6.45) is 0. The third-order valence-corrected chi connectivity index (χ3v) is 4.57. The number of nitrogens with zero attached hydrogens (tertiary/aromatic N) is 2. The number of aromatic nitrogens is 2. The first-order chi connectivity index (χ1) is 12.3. The van der Waals surface area contributed by atoms with Crippen LogP contribution in [0.25, 0.3) is 33.5 Å². The van der Waals surface area contributed by atoms with E-state index in [1.165, 1.54) is 12.1 Å². The number of hydrogen-bond donors (Lipinski definition) is 2. The summed E-state index contributed by atoms with van der Waals surface area (Å²) in [6, 6.07) is 18.1. The van der Waals surface area contributed by atoms with Crippen molar-refractivity contribution >= 4 is 16.7 Å². The average Bonchev–Trinajstić information content (AvgIpc) is 3.19. The van der Waals surface area contributed by atoms with Crippen LogP contribution in [-0.4, -0.2) is 20.9 Å². The molecule has 1 aromatic heterocycles. The number of fused-ring (bicyclic) bond motifs is 4. The highest BCUT2D eigenvalue weighted by atomic mass is 19.1. The van der Waals surface area contributed by atoms with Crippen molar-refractivity contribution in [1.82, 2.24) is 9.97 Å². The predicted molar refractivity (Wildman–Crippen MR) is 94.3 cm³/mol. The number of oxime groups is 1. The lowest BCUT2D eigenvalue weighted by molar-refractivity contribution is 0.320.